The Balaban J connectivity index is 1.94. The van der Waals surface area contributed by atoms with E-state index in [9.17, 15) is 10.1 Å². The summed E-state index contributed by atoms with van der Waals surface area (Å²) in [5.74, 6) is -0.167. The van der Waals surface area contributed by atoms with Crippen molar-refractivity contribution < 1.29 is 4.74 Å². The number of nitrogens with two attached hydrogens (primary N) is 1. The number of nitrogens with zero attached hydrogens (tertiary/aromatic N) is 2. The molecule has 0 bridgehead atoms. The molecule has 0 amide bonds. The van der Waals surface area contributed by atoms with Gasteiger partial charge in [-0.2, -0.15) is 5.26 Å². The van der Waals surface area contributed by atoms with Gasteiger partial charge in [-0.1, -0.05) is 60.2 Å². The van der Waals surface area contributed by atoms with E-state index in [1.165, 1.54) is 0 Å². The van der Waals surface area contributed by atoms with Gasteiger partial charge >= 0.3 is 0 Å². The van der Waals surface area contributed by atoms with Crippen molar-refractivity contribution in [2.45, 2.75) is 12.8 Å². The Morgan fingerprint density at radius 2 is 1.74 bits per heavy atom. The van der Waals surface area contributed by atoms with E-state index in [0.717, 1.165) is 22.2 Å². The molecular weight excluding hydrogens is 386 g/mol. The molecule has 0 radical (unpaired) electrons. The molecule has 1 aliphatic rings. The Morgan fingerprint density at radius 3 is 2.48 bits per heavy atom. The van der Waals surface area contributed by atoms with E-state index < -0.39 is 5.92 Å². The predicted molar refractivity (Wildman–Crippen MR) is 120 cm³/mol. The highest BCUT2D eigenvalue weighted by molar-refractivity contribution is 5.89. The first kappa shape index (κ1) is 18.7. The Kier molecular flexibility index (Phi) is 4.34. The molecule has 5 heteroatoms. The van der Waals surface area contributed by atoms with Crippen molar-refractivity contribution in [3.8, 4) is 17.5 Å². The summed E-state index contributed by atoms with van der Waals surface area (Å²) in [4.78, 5) is 14.0. The standard InChI is InChI=1S/C26H19N3O2/c1-16-8-7-9-17(14-16)22-20(15-27)25(28)31-24-19-12-5-6-13-21(19)29(26(30)23(22)24)18-10-3-2-4-11-18/h2-14,22H,28H2,1H3. The summed E-state index contributed by atoms with van der Waals surface area (Å²) in [5, 5.41) is 10.7. The average Bonchev–Trinajstić information content (AvgIpc) is 2.79. The largest absolute Gasteiger partial charge is 0.439 e. The molecule has 5 rings (SSSR count). The van der Waals surface area contributed by atoms with E-state index in [0.29, 0.717) is 16.8 Å². The van der Waals surface area contributed by atoms with Crippen LogP contribution in [0.5, 0.6) is 5.75 Å². The SMILES string of the molecule is Cc1cccc(C2C(C#N)=C(N)Oc3c2c(=O)n(-c2ccccc2)c2ccccc32)c1. The molecule has 0 spiro atoms. The van der Waals surface area contributed by atoms with Crippen molar-refractivity contribution in [1.82, 2.24) is 4.57 Å². The number of nitriles is 1. The van der Waals surface area contributed by atoms with E-state index in [1.54, 1.807) is 4.57 Å². The molecule has 5 nitrogen and oxygen atoms in total. The van der Waals surface area contributed by atoms with Gasteiger partial charge in [-0.05, 0) is 36.8 Å². The van der Waals surface area contributed by atoms with E-state index in [1.807, 2.05) is 85.8 Å². The molecule has 31 heavy (non-hydrogen) atoms. The summed E-state index contributed by atoms with van der Waals surface area (Å²) in [7, 11) is 0. The highest BCUT2D eigenvalue weighted by atomic mass is 16.5. The van der Waals surface area contributed by atoms with Crippen molar-refractivity contribution in [3.05, 3.63) is 117 Å². The van der Waals surface area contributed by atoms with Gasteiger partial charge in [0.25, 0.3) is 5.56 Å². The summed E-state index contributed by atoms with van der Waals surface area (Å²) in [6, 6.07) is 27.0. The minimum Gasteiger partial charge on any atom is -0.439 e. The average molecular weight is 405 g/mol. The number of hydrogen-bond acceptors (Lipinski definition) is 4. The quantitative estimate of drug-likeness (QED) is 0.532. The number of ether oxygens (including phenoxy) is 1. The fourth-order valence-electron chi connectivity index (χ4n) is 4.28. The third-order valence-electron chi connectivity index (χ3n) is 5.63. The molecule has 1 aromatic heterocycles. The number of aromatic nitrogens is 1. The molecule has 2 N–H and O–H groups in total. The van der Waals surface area contributed by atoms with E-state index in [-0.39, 0.29) is 17.0 Å². The van der Waals surface area contributed by atoms with Gasteiger partial charge in [-0.25, -0.2) is 0 Å². The molecule has 3 aromatic carbocycles. The van der Waals surface area contributed by atoms with Crippen LogP contribution in [0.2, 0.25) is 0 Å². The molecule has 0 aliphatic carbocycles. The van der Waals surface area contributed by atoms with Gasteiger partial charge in [0.15, 0.2) is 0 Å². The maximum absolute atomic E-state index is 14.0. The summed E-state index contributed by atoms with van der Waals surface area (Å²) >= 11 is 0. The van der Waals surface area contributed by atoms with Gasteiger partial charge in [0, 0.05) is 11.1 Å². The molecule has 0 saturated heterocycles. The van der Waals surface area contributed by atoms with Crippen molar-refractivity contribution in [2.24, 2.45) is 5.73 Å². The number of rotatable bonds is 2. The second-order valence-electron chi connectivity index (χ2n) is 7.58. The number of pyridine rings is 1. The van der Waals surface area contributed by atoms with Gasteiger partial charge in [-0.15, -0.1) is 0 Å². The topological polar surface area (TPSA) is 81.0 Å². The Hall–Kier alpha value is -4.30. The van der Waals surface area contributed by atoms with Crippen LogP contribution >= 0.6 is 0 Å². The second-order valence-corrected chi connectivity index (χ2v) is 7.58. The second kappa shape index (κ2) is 7.19. The molecule has 1 aliphatic heterocycles. The fraction of sp³-hybridized carbons (Fsp3) is 0.0769. The number of para-hydroxylation sites is 2. The number of allylic oxidation sites excluding steroid dienone is 1. The molecule has 1 unspecified atom stereocenters. The number of hydrogen-bond donors (Lipinski definition) is 1. The lowest BCUT2D eigenvalue weighted by atomic mass is 9.83. The minimum absolute atomic E-state index is 0.0310. The van der Waals surface area contributed by atoms with Crippen LogP contribution in [0.3, 0.4) is 0 Å². The number of fused-ring (bicyclic) bond motifs is 3. The zero-order valence-electron chi connectivity index (χ0n) is 16.9. The smallest absolute Gasteiger partial charge is 0.263 e. The van der Waals surface area contributed by atoms with Crippen LogP contribution in [0.15, 0.2) is 95.1 Å². The van der Waals surface area contributed by atoms with Gasteiger partial charge < -0.3 is 10.5 Å². The van der Waals surface area contributed by atoms with Gasteiger partial charge in [0.05, 0.1) is 17.0 Å². The molecule has 0 fully saturated rings. The summed E-state index contributed by atoms with van der Waals surface area (Å²) in [6.07, 6.45) is 0. The van der Waals surface area contributed by atoms with Crippen LogP contribution in [-0.4, -0.2) is 4.57 Å². The highest BCUT2D eigenvalue weighted by Gasteiger charge is 2.35. The maximum Gasteiger partial charge on any atom is 0.263 e. The molecule has 150 valence electrons. The minimum atomic E-state index is -0.610. The zero-order chi connectivity index (χ0) is 21.5. The van der Waals surface area contributed by atoms with Crippen LogP contribution in [0, 0.1) is 18.3 Å². The molecule has 4 aromatic rings. The first-order chi connectivity index (χ1) is 15.1. The molecule has 2 heterocycles. The fourth-order valence-corrected chi connectivity index (χ4v) is 4.28. The van der Waals surface area contributed by atoms with Gasteiger partial charge in [-0.3, -0.25) is 9.36 Å². The Labute approximate surface area is 179 Å². The van der Waals surface area contributed by atoms with Gasteiger partial charge in [0.1, 0.15) is 17.4 Å². The normalized spacial score (nSPS) is 15.3. The predicted octanol–water partition coefficient (Wildman–Crippen LogP) is 4.52. The van der Waals surface area contributed by atoms with Crippen molar-refractivity contribution >= 4 is 10.9 Å². The first-order valence-corrected chi connectivity index (χ1v) is 9.97. The third-order valence-corrected chi connectivity index (χ3v) is 5.63. The zero-order valence-corrected chi connectivity index (χ0v) is 16.9. The first-order valence-electron chi connectivity index (χ1n) is 9.97. The maximum atomic E-state index is 14.0. The molecule has 1 atom stereocenters. The van der Waals surface area contributed by atoms with Crippen molar-refractivity contribution in [1.29, 1.82) is 5.26 Å². The van der Waals surface area contributed by atoms with Crippen LogP contribution in [0.25, 0.3) is 16.6 Å². The van der Waals surface area contributed by atoms with E-state index in [4.69, 9.17) is 10.5 Å². The summed E-state index contributed by atoms with van der Waals surface area (Å²) in [5.41, 5.74) is 9.94. The molecular formula is C26H19N3O2. The van der Waals surface area contributed by atoms with Gasteiger partial charge in [0.2, 0.25) is 5.88 Å². The van der Waals surface area contributed by atoms with Crippen molar-refractivity contribution in [3.63, 3.8) is 0 Å². The van der Waals surface area contributed by atoms with E-state index >= 15 is 0 Å². The monoisotopic (exact) mass is 405 g/mol. The van der Waals surface area contributed by atoms with Crippen LogP contribution in [0.4, 0.5) is 0 Å². The third kappa shape index (κ3) is 2.89. The van der Waals surface area contributed by atoms with E-state index in [2.05, 4.69) is 6.07 Å². The lowest BCUT2D eigenvalue weighted by molar-refractivity contribution is 0.396. The van der Waals surface area contributed by atoms with Crippen molar-refractivity contribution in [2.75, 3.05) is 0 Å². The van der Waals surface area contributed by atoms with Crippen LogP contribution < -0.4 is 16.0 Å². The summed E-state index contributed by atoms with van der Waals surface area (Å²) in [6.45, 7) is 1.98. The molecule has 0 saturated carbocycles. The Morgan fingerprint density at radius 1 is 1.00 bits per heavy atom. The van der Waals surface area contributed by atoms with Crippen LogP contribution in [-0.2, 0) is 0 Å². The van der Waals surface area contributed by atoms with Crippen LogP contribution in [0.1, 0.15) is 22.6 Å². The Bertz CT molecular complexity index is 1460. The summed E-state index contributed by atoms with van der Waals surface area (Å²) < 4.78 is 7.60. The number of benzene rings is 3. The number of aryl methyl sites for hydroxylation is 1. The lowest BCUT2D eigenvalue weighted by Crippen LogP contribution is -2.31. The lowest BCUT2D eigenvalue weighted by Gasteiger charge is -2.28. The highest BCUT2D eigenvalue weighted by Crippen LogP contribution is 2.43.